The molecule has 4 nitrogen and oxygen atoms in total. The zero-order valence-corrected chi connectivity index (χ0v) is 15.5. The van der Waals surface area contributed by atoms with Gasteiger partial charge in [0, 0.05) is 41.5 Å². The number of hydrogen-bond acceptors (Lipinski definition) is 2. The number of rotatable bonds is 3. The highest BCUT2D eigenvalue weighted by molar-refractivity contribution is 5.82. The molecule has 0 bridgehead atoms. The maximum absolute atomic E-state index is 13.6. The fraction of sp³-hybridized carbons (Fsp3) is 0.318. The summed E-state index contributed by atoms with van der Waals surface area (Å²) in [4.78, 5) is 18.5. The lowest BCUT2D eigenvalue weighted by Gasteiger charge is -2.38. The maximum atomic E-state index is 13.6. The summed E-state index contributed by atoms with van der Waals surface area (Å²) in [5.74, 6) is -1.98. The van der Waals surface area contributed by atoms with Gasteiger partial charge < -0.3 is 4.57 Å². The second kappa shape index (κ2) is 6.91. The highest BCUT2D eigenvalue weighted by Crippen LogP contribution is 2.43. The number of amides is 1. The number of hydroxylamine groups is 2. The van der Waals surface area contributed by atoms with Gasteiger partial charge in [0.25, 0.3) is 0 Å². The third-order valence-electron chi connectivity index (χ3n) is 5.93. The van der Waals surface area contributed by atoms with Crippen LogP contribution in [-0.2, 0) is 9.63 Å². The second-order valence-corrected chi connectivity index (χ2v) is 7.75. The number of hydrogen-bond donors (Lipinski definition) is 0. The third kappa shape index (κ3) is 3.19. The van der Waals surface area contributed by atoms with Gasteiger partial charge in [0.1, 0.15) is 17.5 Å². The van der Waals surface area contributed by atoms with E-state index >= 15 is 0 Å². The van der Waals surface area contributed by atoms with Crippen LogP contribution in [0.3, 0.4) is 0 Å². The van der Waals surface area contributed by atoms with Crippen LogP contribution in [0.5, 0.6) is 0 Å². The third-order valence-corrected chi connectivity index (χ3v) is 5.93. The predicted octanol–water partition coefficient (Wildman–Crippen LogP) is 4.91. The summed E-state index contributed by atoms with van der Waals surface area (Å²) in [6, 6.07) is 9.52. The number of carbonyl (C=O) groups is 1. The van der Waals surface area contributed by atoms with Gasteiger partial charge in [-0.2, -0.15) is 0 Å². The first-order chi connectivity index (χ1) is 14.0. The molecule has 0 spiro atoms. The lowest BCUT2D eigenvalue weighted by molar-refractivity contribution is -0.185. The second-order valence-electron chi connectivity index (χ2n) is 7.75. The normalized spacial score (nSPS) is 24.1. The Balaban J connectivity index is 1.30. The van der Waals surface area contributed by atoms with Crippen LogP contribution in [0.4, 0.5) is 13.2 Å². The molecule has 1 aliphatic carbocycles. The molecule has 1 saturated carbocycles. The number of halogens is 3. The standard InChI is InChI=1S/C22H19F3N2O2/c23-16-1-2-20-13(7-16)3-5-26(20)19-10-15(11-19)22(28)27-21(4-6-29-27)14-8-17(24)12-18(25)9-14/h1-3,5,7-9,12,15,19,21H,4,6,10-11H2/t15-,19-,21-/m0/s1. The number of aromatic nitrogens is 1. The van der Waals surface area contributed by atoms with Crippen LogP contribution >= 0.6 is 0 Å². The summed E-state index contributed by atoms with van der Waals surface area (Å²) in [5, 5.41) is 2.12. The van der Waals surface area contributed by atoms with Crippen molar-refractivity contribution in [3.8, 4) is 0 Å². The Morgan fingerprint density at radius 3 is 2.48 bits per heavy atom. The smallest absolute Gasteiger partial charge is 0.249 e. The molecule has 29 heavy (non-hydrogen) atoms. The highest BCUT2D eigenvalue weighted by Gasteiger charge is 2.42. The van der Waals surface area contributed by atoms with Gasteiger partial charge in [-0.05, 0) is 54.8 Å². The number of nitrogens with zero attached hydrogens (tertiary/aromatic N) is 2. The van der Waals surface area contributed by atoms with Crippen LogP contribution in [0.2, 0.25) is 0 Å². The van der Waals surface area contributed by atoms with E-state index in [1.54, 1.807) is 6.07 Å². The molecule has 2 aromatic carbocycles. The van der Waals surface area contributed by atoms with Crippen LogP contribution in [0, 0.1) is 23.4 Å². The molecule has 150 valence electrons. The van der Waals surface area contributed by atoms with Crippen LogP contribution in [0.25, 0.3) is 10.9 Å². The first-order valence-electron chi connectivity index (χ1n) is 9.67. The van der Waals surface area contributed by atoms with Gasteiger partial charge in [-0.1, -0.05) is 0 Å². The van der Waals surface area contributed by atoms with E-state index in [0.717, 1.165) is 17.0 Å². The number of carbonyl (C=O) groups excluding carboxylic acids is 1. The molecule has 0 N–H and O–H groups in total. The molecule has 1 aliphatic heterocycles. The molecule has 7 heteroatoms. The SMILES string of the molecule is O=C([C@H]1C[C@H](n2ccc3cc(F)ccc32)C1)N1OCC[C@H]1c1cc(F)cc(F)c1. The van der Waals surface area contributed by atoms with Gasteiger partial charge in [-0.15, -0.1) is 0 Å². The summed E-state index contributed by atoms with van der Waals surface area (Å²) in [6.07, 6.45) is 3.70. The van der Waals surface area contributed by atoms with E-state index in [9.17, 15) is 18.0 Å². The van der Waals surface area contributed by atoms with Crippen LogP contribution in [0.1, 0.15) is 36.9 Å². The van der Waals surface area contributed by atoms with Crippen molar-refractivity contribution in [1.82, 2.24) is 9.63 Å². The molecule has 1 saturated heterocycles. The summed E-state index contributed by atoms with van der Waals surface area (Å²) < 4.78 is 42.7. The Labute approximate surface area is 165 Å². The molecular weight excluding hydrogens is 381 g/mol. The van der Waals surface area contributed by atoms with Crippen molar-refractivity contribution in [3.05, 3.63) is 71.7 Å². The molecule has 2 aliphatic rings. The van der Waals surface area contributed by atoms with E-state index < -0.39 is 17.7 Å². The largest absolute Gasteiger partial charge is 0.344 e. The van der Waals surface area contributed by atoms with Crippen molar-refractivity contribution in [2.45, 2.75) is 31.3 Å². The Morgan fingerprint density at radius 2 is 1.72 bits per heavy atom. The molecule has 0 radical (unpaired) electrons. The Kier molecular flexibility index (Phi) is 4.35. The van der Waals surface area contributed by atoms with Crippen LogP contribution in [-0.4, -0.2) is 22.1 Å². The zero-order valence-electron chi connectivity index (χ0n) is 15.5. The van der Waals surface area contributed by atoms with Gasteiger partial charge in [-0.3, -0.25) is 9.63 Å². The summed E-state index contributed by atoms with van der Waals surface area (Å²) in [7, 11) is 0. The number of fused-ring (bicyclic) bond motifs is 1. The number of benzene rings is 2. The Hall–Kier alpha value is -2.80. The highest BCUT2D eigenvalue weighted by atomic mass is 19.1. The predicted molar refractivity (Wildman–Crippen MR) is 100 cm³/mol. The monoisotopic (exact) mass is 400 g/mol. The van der Waals surface area contributed by atoms with Crippen molar-refractivity contribution < 1.29 is 22.8 Å². The van der Waals surface area contributed by atoms with Gasteiger partial charge in [-0.25, -0.2) is 18.2 Å². The van der Waals surface area contributed by atoms with Crippen molar-refractivity contribution in [2.24, 2.45) is 5.92 Å². The molecule has 1 amide bonds. The Morgan fingerprint density at radius 1 is 0.966 bits per heavy atom. The fourth-order valence-electron chi connectivity index (χ4n) is 4.41. The Bertz CT molecular complexity index is 1070. The molecule has 5 rings (SSSR count). The van der Waals surface area contributed by atoms with E-state index in [1.165, 1.54) is 29.3 Å². The van der Waals surface area contributed by atoms with E-state index in [1.807, 2.05) is 12.3 Å². The van der Waals surface area contributed by atoms with E-state index in [0.29, 0.717) is 31.4 Å². The van der Waals surface area contributed by atoms with Crippen LogP contribution < -0.4 is 0 Å². The fourth-order valence-corrected chi connectivity index (χ4v) is 4.41. The first kappa shape index (κ1) is 18.2. The average molecular weight is 400 g/mol. The molecular formula is C22H19F3N2O2. The van der Waals surface area contributed by atoms with E-state index in [-0.39, 0.29) is 23.7 Å². The molecule has 1 atom stereocenters. The van der Waals surface area contributed by atoms with Gasteiger partial charge >= 0.3 is 0 Å². The lowest BCUT2D eigenvalue weighted by atomic mass is 9.79. The summed E-state index contributed by atoms with van der Waals surface area (Å²) in [5.41, 5.74) is 1.34. The quantitative estimate of drug-likeness (QED) is 0.626. The van der Waals surface area contributed by atoms with Crippen molar-refractivity contribution in [3.63, 3.8) is 0 Å². The van der Waals surface area contributed by atoms with Gasteiger partial charge in [0.2, 0.25) is 5.91 Å². The van der Waals surface area contributed by atoms with Gasteiger partial charge in [0.05, 0.1) is 12.6 Å². The molecule has 2 heterocycles. The topological polar surface area (TPSA) is 34.5 Å². The van der Waals surface area contributed by atoms with E-state index in [2.05, 4.69) is 4.57 Å². The molecule has 2 fully saturated rings. The minimum atomic E-state index is -0.668. The molecule has 3 aromatic rings. The average Bonchev–Trinajstić information content (AvgIpc) is 3.26. The van der Waals surface area contributed by atoms with Gasteiger partial charge in [0.15, 0.2) is 0 Å². The zero-order chi connectivity index (χ0) is 20.1. The van der Waals surface area contributed by atoms with Crippen molar-refractivity contribution in [2.75, 3.05) is 6.61 Å². The molecule has 1 aromatic heterocycles. The molecule has 0 unspecified atom stereocenters. The minimum absolute atomic E-state index is 0.152. The van der Waals surface area contributed by atoms with Crippen molar-refractivity contribution >= 4 is 16.8 Å². The summed E-state index contributed by atoms with van der Waals surface area (Å²) >= 11 is 0. The first-order valence-corrected chi connectivity index (χ1v) is 9.67. The lowest BCUT2D eigenvalue weighted by Crippen LogP contribution is -2.41. The minimum Gasteiger partial charge on any atom is -0.344 e. The maximum Gasteiger partial charge on any atom is 0.249 e. The summed E-state index contributed by atoms with van der Waals surface area (Å²) in [6.45, 7) is 0.332. The van der Waals surface area contributed by atoms with Crippen LogP contribution in [0.15, 0.2) is 48.7 Å². The van der Waals surface area contributed by atoms with E-state index in [4.69, 9.17) is 4.84 Å². The van der Waals surface area contributed by atoms with Crippen molar-refractivity contribution in [1.29, 1.82) is 0 Å².